The fourth-order valence-corrected chi connectivity index (χ4v) is 3.44. The molecule has 0 aliphatic carbocycles. The van der Waals surface area contributed by atoms with Gasteiger partial charge in [0.15, 0.2) is 5.82 Å². The number of fused-ring (bicyclic) bond motifs is 1. The second-order valence-electron chi connectivity index (χ2n) is 5.98. The molecule has 144 valence electrons. The summed E-state index contributed by atoms with van der Waals surface area (Å²) in [6.45, 7) is 2.95. The zero-order valence-corrected chi connectivity index (χ0v) is 16.4. The number of halogens is 3. The third-order valence-electron chi connectivity index (χ3n) is 4.17. The SMILES string of the molecule is CCOCn1ccc(-n2ccc3c(Nc4c(Cl)cc(F)cc4Cl)nccc32)n1. The Hall–Kier alpha value is -2.61. The Bertz CT molecular complexity index is 1120. The first kappa shape index (κ1) is 18.7. The van der Waals surface area contributed by atoms with Gasteiger partial charge in [-0.1, -0.05) is 23.2 Å². The van der Waals surface area contributed by atoms with Crippen LogP contribution in [-0.4, -0.2) is 25.9 Å². The highest BCUT2D eigenvalue weighted by atomic mass is 35.5. The molecule has 0 aliphatic heterocycles. The lowest BCUT2D eigenvalue weighted by atomic mass is 10.2. The van der Waals surface area contributed by atoms with Crippen LogP contribution in [0.4, 0.5) is 15.9 Å². The summed E-state index contributed by atoms with van der Waals surface area (Å²) in [5, 5.41) is 8.83. The van der Waals surface area contributed by atoms with Crippen LogP contribution < -0.4 is 5.32 Å². The van der Waals surface area contributed by atoms with Gasteiger partial charge < -0.3 is 10.1 Å². The van der Waals surface area contributed by atoms with Gasteiger partial charge in [0.05, 0.1) is 21.2 Å². The Morgan fingerprint density at radius 1 is 1.14 bits per heavy atom. The van der Waals surface area contributed by atoms with E-state index in [9.17, 15) is 4.39 Å². The van der Waals surface area contributed by atoms with Crippen LogP contribution in [0.3, 0.4) is 0 Å². The first-order chi connectivity index (χ1) is 13.6. The van der Waals surface area contributed by atoms with Crippen LogP contribution >= 0.6 is 23.2 Å². The predicted octanol–water partition coefficient (Wildman–Crippen LogP) is 5.41. The summed E-state index contributed by atoms with van der Waals surface area (Å²) in [6, 6.07) is 8.10. The van der Waals surface area contributed by atoms with Crippen LogP contribution in [0, 0.1) is 5.82 Å². The van der Waals surface area contributed by atoms with Crippen LogP contribution in [0.15, 0.2) is 48.9 Å². The number of ether oxygens (including phenoxy) is 1. The molecular formula is C19H16Cl2FN5O. The maximum atomic E-state index is 13.4. The van der Waals surface area contributed by atoms with E-state index in [1.54, 1.807) is 10.9 Å². The van der Waals surface area contributed by atoms with Crippen LogP contribution in [0.2, 0.25) is 10.0 Å². The molecule has 0 radical (unpaired) electrons. The molecule has 0 aliphatic rings. The maximum absolute atomic E-state index is 13.4. The Morgan fingerprint density at radius 2 is 1.93 bits per heavy atom. The molecular weight excluding hydrogens is 404 g/mol. The molecule has 0 fully saturated rings. The van der Waals surface area contributed by atoms with Gasteiger partial charge in [-0.25, -0.2) is 14.1 Å². The molecule has 0 amide bonds. The summed E-state index contributed by atoms with van der Waals surface area (Å²) < 4.78 is 22.5. The number of nitrogens with one attached hydrogen (secondary N) is 1. The fourth-order valence-electron chi connectivity index (χ4n) is 2.88. The number of pyridine rings is 1. The molecule has 0 unspecified atom stereocenters. The van der Waals surface area contributed by atoms with E-state index >= 15 is 0 Å². The number of benzene rings is 1. The Labute approximate surface area is 170 Å². The van der Waals surface area contributed by atoms with Crippen molar-refractivity contribution in [1.29, 1.82) is 0 Å². The Kier molecular flexibility index (Phi) is 5.21. The average Bonchev–Trinajstić information content (AvgIpc) is 3.29. The standard InChI is InChI=1S/C19H16Cl2FN5O/c1-2-28-11-26-7-5-17(25-26)27-8-4-13-16(27)3-6-23-19(13)24-18-14(20)9-12(22)10-15(18)21/h3-10H,2,11H2,1H3,(H,23,24). The van der Waals surface area contributed by atoms with Crippen molar-refractivity contribution in [2.45, 2.75) is 13.7 Å². The van der Waals surface area contributed by atoms with Crippen molar-refractivity contribution in [3.05, 3.63) is 64.8 Å². The molecule has 0 bridgehead atoms. The topological polar surface area (TPSA) is 56.9 Å². The van der Waals surface area contributed by atoms with Gasteiger partial charge in [0.2, 0.25) is 0 Å². The van der Waals surface area contributed by atoms with E-state index in [-0.39, 0.29) is 10.0 Å². The van der Waals surface area contributed by atoms with E-state index in [1.165, 1.54) is 12.1 Å². The first-order valence-corrected chi connectivity index (χ1v) is 9.31. The van der Waals surface area contributed by atoms with Crippen molar-refractivity contribution in [1.82, 2.24) is 19.3 Å². The minimum absolute atomic E-state index is 0.179. The van der Waals surface area contributed by atoms with Crippen molar-refractivity contribution < 1.29 is 9.13 Å². The van der Waals surface area contributed by atoms with Crippen molar-refractivity contribution in [3.63, 3.8) is 0 Å². The van der Waals surface area contributed by atoms with Gasteiger partial charge in [-0.3, -0.25) is 4.57 Å². The van der Waals surface area contributed by atoms with E-state index in [4.69, 9.17) is 27.9 Å². The largest absolute Gasteiger partial charge is 0.360 e. The second-order valence-corrected chi connectivity index (χ2v) is 6.80. The highest BCUT2D eigenvalue weighted by Crippen LogP contribution is 2.35. The fraction of sp³-hybridized carbons (Fsp3) is 0.158. The number of aromatic nitrogens is 4. The molecule has 0 saturated carbocycles. The highest BCUT2D eigenvalue weighted by molar-refractivity contribution is 6.39. The predicted molar refractivity (Wildman–Crippen MR) is 108 cm³/mol. The smallest absolute Gasteiger partial charge is 0.159 e. The summed E-state index contributed by atoms with van der Waals surface area (Å²) in [4.78, 5) is 4.38. The van der Waals surface area contributed by atoms with Crippen molar-refractivity contribution in [2.24, 2.45) is 0 Å². The molecule has 9 heteroatoms. The van der Waals surface area contributed by atoms with Crippen molar-refractivity contribution in [3.8, 4) is 5.82 Å². The van der Waals surface area contributed by atoms with Gasteiger partial charge in [0.25, 0.3) is 0 Å². The molecule has 4 rings (SSSR count). The van der Waals surface area contributed by atoms with Crippen LogP contribution in [0.5, 0.6) is 0 Å². The summed E-state index contributed by atoms with van der Waals surface area (Å²) >= 11 is 12.3. The molecule has 3 aromatic heterocycles. The molecule has 3 heterocycles. The van der Waals surface area contributed by atoms with Crippen LogP contribution in [0.1, 0.15) is 6.92 Å². The zero-order valence-electron chi connectivity index (χ0n) is 14.9. The lowest BCUT2D eigenvalue weighted by Gasteiger charge is -2.11. The van der Waals surface area contributed by atoms with Gasteiger partial charge in [-0.05, 0) is 31.2 Å². The summed E-state index contributed by atoms with van der Waals surface area (Å²) in [5.74, 6) is 0.811. The molecule has 1 aromatic carbocycles. The molecule has 0 spiro atoms. The lowest BCUT2D eigenvalue weighted by molar-refractivity contribution is 0.0791. The van der Waals surface area contributed by atoms with E-state index in [0.717, 1.165) is 16.7 Å². The Morgan fingerprint density at radius 3 is 2.68 bits per heavy atom. The van der Waals surface area contributed by atoms with E-state index in [2.05, 4.69) is 15.4 Å². The number of hydrogen-bond donors (Lipinski definition) is 1. The third-order valence-corrected chi connectivity index (χ3v) is 4.76. The summed E-state index contributed by atoms with van der Waals surface area (Å²) in [6.07, 6.45) is 5.43. The van der Waals surface area contributed by atoms with Gasteiger partial charge >= 0.3 is 0 Å². The second kappa shape index (κ2) is 7.79. The number of anilines is 2. The van der Waals surface area contributed by atoms with Gasteiger partial charge in [-0.15, -0.1) is 0 Å². The molecule has 1 N–H and O–H groups in total. The normalized spacial score (nSPS) is 11.3. The van der Waals surface area contributed by atoms with Crippen molar-refractivity contribution in [2.75, 3.05) is 11.9 Å². The van der Waals surface area contributed by atoms with E-state index < -0.39 is 5.82 Å². The molecule has 28 heavy (non-hydrogen) atoms. The summed E-state index contributed by atoms with van der Waals surface area (Å²) in [7, 11) is 0. The maximum Gasteiger partial charge on any atom is 0.159 e. The van der Waals surface area contributed by atoms with Crippen LogP contribution in [-0.2, 0) is 11.5 Å². The number of rotatable bonds is 6. The van der Waals surface area contributed by atoms with E-state index in [1.807, 2.05) is 42.1 Å². The Balaban J connectivity index is 1.70. The zero-order chi connectivity index (χ0) is 19.7. The lowest BCUT2D eigenvalue weighted by Crippen LogP contribution is -2.04. The summed E-state index contributed by atoms with van der Waals surface area (Å²) in [5.41, 5.74) is 1.30. The van der Waals surface area contributed by atoms with Crippen LogP contribution in [0.25, 0.3) is 16.7 Å². The van der Waals surface area contributed by atoms with Gasteiger partial charge in [-0.2, -0.15) is 5.10 Å². The van der Waals surface area contributed by atoms with Gasteiger partial charge in [0, 0.05) is 36.7 Å². The monoisotopic (exact) mass is 419 g/mol. The molecule has 0 atom stereocenters. The quantitative estimate of drug-likeness (QED) is 0.454. The molecule has 4 aromatic rings. The highest BCUT2D eigenvalue weighted by Gasteiger charge is 2.14. The average molecular weight is 420 g/mol. The minimum Gasteiger partial charge on any atom is -0.360 e. The molecule has 0 saturated heterocycles. The number of hydrogen-bond acceptors (Lipinski definition) is 4. The van der Waals surface area contributed by atoms with E-state index in [0.29, 0.717) is 24.8 Å². The molecule has 6 nitrogen and oxygen atoms in total. The minimum atomic E-state index is -0.500. The van der Waals surface area contributed by atoms with Gasteiger partial charge in [0.1, 0.15) is 18.4 Å². The van der Waals surface area contributed by atoms with Crippen molar-refractivity contribution >= 4 is 45.6 Å². The number of nitrogens with zero attached hydrogens (tertiary/aromatic N) is 4. The third kappa shape index (κ3) is 3.56. The first-order valence-electron chi connectivity index (χ1n) is 8.56.